The van der Waals surface area contributed by atoms with Gasteiger partial charge in [-0.2, -0.15) is 0 Å². The Morgan fingerprint density at radius 3 is 1.88 bits per heavy atom. The minimum atomic E-state index is -1.95. The zero-order chi connectivity index (χ0) is 13.2. The van der Waals surface area contributed by atoms with E-state index in [2.05, 4.69) is 41.2 Å². The van der Waals surface area contributed by atoms with E-state index in [9.17, 15) is 0 Å². The van der Waals surface area contributed by atoms with Crippen molar-refractivity contribution in [2.75, 3.05) is 25.2 Å². The van der Waals surface area contributed by atoms with Crippen molar-refractivity contribution in [3.63, 3.8) is 0 Å². The first-order valence-electron chi connectivity index (χ1n) is 6.43. The predicted molar refractivity (Wildman–Crippen MR) is 81.0 cm³/mol. The Balaban J connectivity index is 4.38. The van der Waals surface area contributed by atoms with E-state index in [-0.39, 0.29) is 0 Å². The molecule has 2 nitrogen and oxygen atoms in total. The second-order valence-corrected chi connectivity index (χ2v) is 17.5. The van der Waals surface area contributed by atoms with Crippen molar-refractivity contribution in [2.24, 2.45) is 0 Å². The fourth-order valence-electron chi connectivity index (χ4n) is 2.04. The van der Waals surface area contributed by atoms with Crippen LogP contribution in [0.3, 0.4) is 0 Å². The van der Waals surface area contributed by atoms with Gasteiger partial charge in [-0.1, -0.05) is 0 Å². The van der Waals surface area contributed by atoms with Crippen molar-refractivity contribution in [2.45, 2.75) is 45.4 Å². The summed E-state index contributed by atoms with van der Waals surface area (Å²) in [5.74, 6) is 0. The molecule has 98 valence electrons. The summed E-state index contributed by atoms with van der Waals surface area (Å²) in [6.07, 6.45) is 9.34. The Hall–Kier alpha value is -0.110. The van der Waals surface area contributed by atoms with Gasteiger partial charge in [0.15, 0.2) is 0 Å². The topological polar surface area (TPSA) is 47.6 Å². The molecule has 0 rings (SSSR count). The summed E-state index contributed by atoms with van der Waals surface area (Å²) in [5.41, 5.74) is 0. The Labute approximate surface area is 114 Å². The van der Waals surface area contributed by atoms with E-state index >= 15 is 0 Å². The van der Waals surface area contributed by atoms with Gasteiger partial charge in [-0.05, 0) is 0 Å². The molecule has 0 radical (unpaired) electrons. The van der Waals surface area contributed by atoms with Gasteiger partial charge in [-0.25, -0.2) is 0 Å². The molecule has 0 unspecified atom stereocenters. The maximum absolute atomic E-state index is 8.76. The van der Waals surface area contributed by atoms with Crippen LogP contribution in [0.15, 0.2) is 0 Å². The standard InChI is InChI=1S/C13H24BrN2P/c1-3-4-5-6-11-17(2,14,12-7-9-15)13-8-10-16/h3-8,11-13H2,1-2H3. The molecule has 0 aromatic carbocycles. The molecule has 0 saturated carbocycles. The summed E-state index contributed by atoms with van der Waals surface area (Å²) in [7, 11) is 0. The molecule has 0 aromatic heterocycles. The summed E-state index contributed by atoms with van der Waals surface area (Å²) in [5, 5.41) is 15.6. The number of halogens is 1. The Morgan fingerprint density at radius 1 is 0.941 bits per heavy atom. The van der Waals surface area contributed by atoms with E-state index in [4.69, 9.17) is 10.5 Å². The number of nitriles is 2. The molecule has 0 bridgehead atoms. The van der Waals surface area contributed by atoms with Crippen molar-refractivity contribution in [1.29, 1.82) is 10.5 Å². The Morgan fingerprint density at radius 2 is 1.47 bits per heavy atom. The first-order valence-corrected chi connectivity index (χ1v) is 11.7. The third-order valence-electron chi connectivity index (χ3n) is 3.33. The van der Waals surface area contributed by atoms with Gasteiger partial charge in [0.1, 0.15) is 0 Å². The molecule has 0 aliphatic rings. The quantitative estimate of drug-likeness (QED) is 0.449. The average molecular weight is 319 g/mol. The van der Waals surface area contributed by atoms with Gasteiger partial charge in [0.05, 0.1) is 0 Å². The van der Waals surface area contributed by atoms with E-state index in [1.807, 2.05) is 0 Å². The van der Waals surface area contributed by atoms with E-state index in [0.717, 1.165) is 12.3 Å². The van der Waals surface area contributed by atoms with E-state index in [1.54, 1.807) is 0 Å². The van der Waals surface area contributed by atoms with Gasteiger partial charge in [0, 0.05) is 0 Å². The average Bonchev–Trinajstić information content (AvgIpc) is 2.31. The summed E-state index contributed by atoms with van der Waals surface area (Å²) in [6.45, 7) is 4.51. The van der Waals surface area contributed by atoms with Crippen LogP contribution in [0.4, 0.5) is 0 Å². The molecule has 0 aromatic rings. The molecule has 0 atom stereocenters. The molecule has 0 aliphatic carbocycles. The minimum absolute atomic E-state index is 0.610. The van der Waals surface area contributed by atoms with Crippen LogP contribution >= 0.6 is 20.8 Å². The molecule has 0 aliphatic heterocycles. The number of nitrogens with zero attached hydrogens (tertiary/aromatic N) is 2. The number of hydrogen-bond donors (Lipinski definition) is 0. The maximum atomic E-state index is 8.76. The summed E-state index contributed by atoms with van der Waals surface area (Å²) >= 11 is 3.97. The fraction of sp³-hybridized carbons (Fsp3) is 0.846. The molecule has 0 spiro atoms. The van der Waals surface area contributed by atoms with Gasteiger partial charge in [0.2, 0.25) is 0 Å². The van der Waals surface area contributed by atoms with Crippen molar-refractivity contribution < 1.29 is 0 Å². The number of unbranched alkanes of at least 4 members (excludes halogenated alkanes) is 3. The van der Waals surface area contributed by atoms with E-state index < -0.39 is 5.31 Å². The Bertz CT molecular complexity index is 280. The molecule has 0 fully saturated rings. The first-order chi connectivity index (χ1) is 7.96. The first kappa shape index (κ1) is 16.9. The molecular weight excluding hydrogens is 295 g/mol. The monoisotopic (exact) mass is 318 g/mol. The van der Waals surface area contributed by atoms with E-state index in [0.29, 0.717) is 12.8 Å². The van der Waals surface area contributed by atoms with Gasteiger partial charge in [0.25, 0.3) is 0 Å². The summed E-state index contributed by atoms with van der Waals surface area (Å²) in [4.78, 5) is 0. The van der Waals surface area contributed by atoms with Crippen LogP contribution < -0.4 is 0 Å². The molecule has 0 heterocycles. The van der Waals surface area contributed by atoms with Crippen molar-refractivity contribution in [1.82, 2.24) is 0 Å². The zero-order valence-electron chi connectivity index (χ0n) is 11.1. The number of rotatable bonds is 9. The molecule has 0 N–H and O–H groups in total. The van der Waals surface area contributed by atoms with Crippen LogP contribution in [-0.2, 0) is 0 Å². The van der Waals surface area contributed by atoms with Gasteiger partial charge in [-0.15, -0.1) is 0 Å². The van der Waals surface area contributed by atoms with Crippen LogP contribution in [0, 0.1) is 22.7 Å². The van der Waals surface area contributed by atoms with Crippen molar-refractivity contribution in [3.8, 4) is 12.1 Å². The van der Waals surface area contributed by atoms with Gasteiger partial charge in [-0.3, -0.25) is 0 Å². The summed E-state index contributed by atoms with van der Waals surface area (Å²) in [6, 6.07) is 4.49. The molecular formula is C13H24BrN2P. The molecule has 4 heteroatoms. The molecule has 17 heavy (non-hydrogen) atoms. The van der Waals surface area contributed by atoms with Crippen LogP contribution in [-0.4, -0.2) is 25.2 Å². The summed E-state index contributed by atoms with van der Waals surface area (Å²) < 4.78 is 0. The SMILES string of the molecule is CCCCCCP(C)(Br)(CCC#N)CCC#N. The number of hydrogen-bond acceptors (Lipinski definition) is 2. The second kappa shape index (κ2) is 8.07. The molecule has 0 amide bonds. The fourth-order valence-corrected chi connectivity index (χ4v) is 7.08. The van der Waals surface area contributed by atoms with Crippen molar-refractivity contribution in [3.05, 3.63) is 0 Å². The predicted octanol–water partition coefficient (Wildman–Crippen LogP) is 4.89. The Kier molecular flexibility index (Phi) is 8.02. The van der Waals surface area contributed by atoms with Gasteiger partial charge < -0.3 is 0 Å². The third-order valence-corrected chi connectivity index (χ3v) is 11.0. The van der Waals surface area contributed by atoms with Crippen LogP contribution in [0.1, 0.15) is 45.4 Å². The van der Waals surface area contributed by atoms with E-state index in [1.165, 1.54) is 31.8 Å². The normalized spacial score (nSPS) is 13.4. The molecule has 0 saturated heterocycles. The third kappa shape index (κ3) is 7.75. The van der Waals surface area contributed by atoms with Crippen LogP contribution in [0.2, 0.25) is 0 Å². The zero-order valence-corrected chi connectivity index (χ0v) is 13.6. The van der Waals surface area contributed by atoms with Crippen molar-refractivity contribution >= 4 is 20.8 Å². The van der Waals surface area contributed by atoms with Gasteiger partial charge >= 0.3 is 114 Å². The second-order valence-electron chi connectivity index (χ2n) is 5.19. The van der Waals surface area contributed by atoms with Crippen LogP contribution in [0.5, 0.6) is 0 Å². The van der Waals surface area contributed by atoms with Crippen LogP contribution in [0.25, 0.3) is 0 Å².